The zero-order chi connectivity index (χ0) is 40.3. The van der Waals surface area contributed by atoms with Crippen molar-refractivity contribution in [2.45, 2.75) is 5.41 Å². The van der Waals surface area contributed by atoms with Crippen LogP contribution in [0, 0.1) is 0 Å². The molecule has 0 aromatic heterocycles. The van der Waals surface area contributed by atoms with E-state index in [1.807, 2.05) is 0 Å². The Bertz CT molecular complexity index is 3210. The van der Waals surface area contributed by atoms with Gasteiger partial charge in [-0.2, -0.15) is 0 Å². The van der Waals surface area contributed by atoms with Crippen LogP contribution in [0.5, 0.6) is 0 Å². The van der Waals surface area contributed by atoms with E-state index < -0.39 is 5.41 Å². The normalized spacial score (nSPS) is 14.3. The number of rotatable bonds is 7. The highest BCUT2D eigenvalue weighted by Gasteiger charge is 2.52. The van der Waals surface area contributed by atoms with Crippen LogP contribution in [-0.2, 0) is 5.41 Å². The molecule has 1 unspecified atom stereocenters. The second-order valence-electron chi connectivity index (χ2n) is 16.0. The molecule has 0 bridgehead atoms. The minimum atomic E-state index is -0.548. The minimum absolute atomic E-state index is 0.548. The van der Waals surface area contributed by atoms with Crippen molar-refractivity contribution in [1.29, 1.82) is 0 Å². The van der Waals surface area contributed by atoms with Gasteiger partial charge < -0.3 is 9.80 Å². The van der Waals surface area contributed by atoms with Gasteiger partial charge in [0.25, 0.3) is 0 Å². The van der Waals surface area contributed by atoms with E-state index >= 15 is 0 Å². The van der Waals surface area contributed by atoms with E-state index in [2.05, 4.69) is 252 Å². The van der Waals surface area contributed by atoms with Gasteiger partial charge in [-0.25, -0.2) is 0 Å². The Morgan fingerprint density at radius 2 is 0.721 bits per heavy atom. The summed E-state index contributed by atoms with van der Waals surface area (Å²) in [7, 11) is 0. The maximum absolute atomic E-state index is 2.52. The quantitative estimate of drug-likeness (QED) is 0.159. The fourth-order valence-electron chi connectivity index (χ4n) is 10.4. The maximum atomic E-state index is 2.52. The van der Waals surface area contributed by atoms with Gasteiger partial charge in [0.05, 0.1) is 16.8 Å². The smallest absolute Gasteiger partial charge is 0.0726 e. The highest BCUT2D eigenvalue weighted by Crippen LogP contribution is 2.65. The predicted molar refractivity (Wildman–Crippen MR) is 255 cm³/mol. The number of hydrogen-bond donors (Lipinski definition) is 0. The average Bonchev–Trinajstić information content (AvgIpc) is 3.80. The number of fused-ring (bicyclic) bond motifs is 12. The topological polar surface area (TPSA) is 6.48 Å². The van der Waals surface area contributed by atoms with E-state index in [0.29, 0.717) is 0 Å². The van der Waals surface area contributed by atoms with E-state index in [9.17, 15) is 0 Å². The van der Waals surface area contributed by atoms with Crippen molar-refractivity contribution >= 4 is 44.9 Å². The molecule has 286 valence electrons. The summed E-state index contributed by atoms with van der Waals surface area (Å²) in [5.74, 6) is 0. The highest BCUT2D eigenvalue weighted by atomic mass is 15.1. The second kappa shape index (κ2) is 14.1. The molecular formula is C59H40N2. The second-order valence-corrected chi connectivity index (χ2v) is 16.0. The number of benzene rings is 10. The summed E-state index contributed by atoms with van der Waals surface area (Å²) >= 11 is 0. The van der Waals surface area contributed by atoms with Crippen LogP contribution in [0.4, 0.5) is 34.1 Å². The Hall–Kier alpha value is -7.94. The molecule has 2 heteroatoms. The minimum Gasteiger partial charge on any atom is -0.310 e. The third-order valence-electron chi connectivity index (χ3n) is 12.8. The van der Waals surface area contributed by atoms with Crippen LogP contribution in [0.3, 0.4) is 0 Å². The molecule has 1 spiro atoms. The fraction of sp³-hybridized carbons (Fsp3) is 0.0169. The highest BCUT2D eigenvalue weighted by molar-refractivity contribution is 6.12. The van der Waals surface area contributed by atoms with Crippen molar-refractivity contribution in [1.82, 2.24) is 0 Å². The first-order valence-electron chi connectivity index (χ1n) is 21.1. The number of para-hydroxylation sites is 4. The summed E-state index contributed by atoms with van der Waals surface area (Å²) in [5.41, 5.74) is 19.0. The molecule has 61 heavy (non-hydrogen) atoms. The number of nitrogens with zero attached hydrogens (tertiary/aromatic N) is 2. The fourth-order valence-corrected chi connectivity index (χ4v) is 10.4. The van der Waals surface area contributed by atoms with Gasteiger partial charge in [-0.15, -0.1) is 0 Å². The third-order valence-corrected chi connectivity index (χ3v) is 12.8. The molecule has 0 fully saturated rings. The van der Waals surface area contributed by atoms with Crippen LogP contribution in [0.1, 0.15) is 22.3 Å². The first-order valence-corrected chi connectivity index (χ1v) is 21.1. The molecule has 0 heterocycles. The molecule has 10 aromatic rings. The van der Waals surface area contributed by atoms with Crippen molar-refractivity contribution < 1.29 is 0 Å². The van der Waals surface area contributed by atoms with Gasteiger partial charge in [0.1, 0.15) is 0 Å². The summed E-state index contributed by atoms with van der Waals surface area (Å²) in [4.78, 5) is 4.86. The van der Waals surface area contributed by atoms with Crippen molar-refractivity contribution in [2.24, 2.45) is 0 Å². The molecule has 2 aliphatic carbocycles. The lowest BCUT2D eigenvalue weighted by atomic mass is 9.70. The van der Waals surface area contributed by atoms with Gasteiger partial charge in [-0.05, 0) is 116 Å². The molecule has 2 aliphatic rings. The molecule has 0 radical (unpaired) electrons. The van der Waals surface area contributed by atoms with Crippen LogP contribution in [0.25, 0.3) is 44.2 Å². The Morgan fingerprint density at radius 3 is 1.36 bits per heavy atom. The Kier molecular flexibility index (Phi) is 8.11. The molecular weight excluding hydrogens is 737 g/mol. The van der Waals surface area contributed by atoms with E-state index in [-0.39, 0.29) is 0 Å². The van der Waals surface area contributed by atoms with Crippen molar-refractivity contribution in [2.75, 3.05) is 9.80 Å². The Balaban J connectivity index is 1.15. The first-order chi connectivity index (χ1) is 30.3. The summed E-state index contributed by atoms with van der Waals surface area (Å²) in [6.45, 7) is 0. The van der Waals surface area contributed by atoms with Gasteiger partial charge in [0.2, 0.25) is 0 Å². The summed E-state index contributed by atoms with van der Waals surface area (Å²) < 4.78 is 0. The third kappa shape index (κ3) is 5.29. The van der Waals surface area contributed by atoms with Gasteiger partial charge >= 0.3 is 0 Å². The van der Waals surface area contributed by atoms with Gasteiger partial charge in [-0.3, -0.25) is 0 Å². The lowest BCUT2D eigenvalue weighted by molar-refractivity contribution is 0.794. The molecule has 2 nitrogen and oxygen atoms in total. The predicted octanol–water partition coefficient (Wildman–Crippen LogP) is 15.8. The molecule has 12 rings (SSSR count). The molecule has 0 saturated heterocycles. The Labute approximate surface area is 356 Å². The van der Waals surface area contributed by atoms with Crippen molar-refractivity contribution in [3.63, 3.8) is 0 Å². The summed E-state index contributed by atoms with van der Waals surface area (Å²) in [5, 5.41) is 2.48. The monoisotopic (exact) mass is 776 g/mol. The van der Waals surface area contributed by atoms with Crippen molar-refractivity contribution in [3.8, 4) is 33.4 Å². The largest absolute Gasteiger partial charge is 0.310 e. The summed E-state index contributed by atoms with van der Waals surface area (Å²) in [6.07, 6.45) is 0. The Morgan fingerprint density at radius 1 is 0.262 bits per heavy atom. The van der Waals surface area contributed by atoms with Crippen LogP contribution >= 0.6 is 0 Å². The average molecular weight is 777 g/mol. The van der Waals surface area contributed by atoms with Gasteiger partial charge in [0.15, 0.2) is 0 Å². The molecule has 1 atom stereocenters. The first kappa shape index (κ1) is 35.0. The van der Waals surface area contributed by atoms with Crippen LogP contribution in [0.15, 0.2) is 243 Å². The maximum Gasteiger partial charge on any atom is 0.0726 e. The standard InChI is InChI=1S/C59H40N2/c1-5-21-41(22-6-1)46-29-17-20-36-56(46)61(44-27-11-4-12-28-44)45-37-38-54-51(39-45)47-30-15-18-34-52(47)59(54)53-35-19-16-33-50(53)58-49-32-14-13-31-48(49)57(40-55(58)59)60(42-23-7-2-8-24-42)43-25-9-3-10-26-43/h1-40H. The van der Waals surface area contributed by atoms with E-state index in [0.717, 1.165) is 34.1 Å². The van der Waals surface area contributed by atoms with E-state index in [1.54, 1.807) is 0 Å². The van der Waals surface area contributed by atoms with E-state index in [1.165, 1.54) is 66.4 Å². The molecule has 10 aromatic carbocycles. The number of anilines is 6. The zero-order valence-corrected chi connectivity index (χ0v) is 33.5. The van der Waals surface area contributed by atoms with Crippen LogP contribution in [0.2, 0.25) is 0 Å². The van der Waals surface area contributed by atoms with Gasteiger partial charge in [0, 0.05) is 33.7 Å². The lowest BCUT2D eigenvalue weighted by Gasteiger charge is -2.33. The zero-order valence-electron chi connectivity index (χ0n) is 33.5. The van der Waals surface area contributed by atoms with E-state index in [4.69, 9.17) is 0 Å². The summed E-state index contributed by atoms with van der Waals surface area (Å²) in [6, 6.07) is 88.9. The lowest BCUT2D eigenvalue weighted by Crippen LogP contribution is -2.26. The van der Waals surface area contributed by atoms with Gasteiger partial charge in [-0.1, -0.05) is 182 Å². The molecule has 0 amide bonds. The molecule has 0 aliphatic heterocycles. The SMILES string of the molecule is c1ccc(-c2ccccc2N(c2ccccc2)c2ccc3c(c2)-c2ccccc2C32c3ccccc3-c3c2cc(N(c2ccccc2)c2ccccc2)c2ccccc32)cc1. The van der Waals surface area contributed by atoms with Crippen molar-refractivity contribution in [3.05, 3.63) is 265 Å². The number of hydrogen-bond acceptors (Lipinski definition) is 2. The molecule has 0 N–H and O–H groups in total. The van der Waals surface area contributed by atoms with Crippen LogP contribution in [-0.4, -0.2) is 0 Å². The van der Waals surface area contributed by atoms with Crippen LogP contribution < -0.4 is 9.80 Å². The molecule has 0 saturated carbocycles.